The Morgan fingerprint density at radius 3 is 2.43 bits per heavy atom. The molecule has 0 bridgehead atoms. The van der Waals surface area contributed by atoms with Crippen molar-refractivity contribution in [3.63, 3.8) is 0 Å². The Bertz CT molecular complexity index is 213. The van der Waals surface area contributed by atoms with Crippen LogP contribution in [0.25, 0.3) is 0 Å². The van der Waals surface area contributed by atoms with Crippen LogP contribution in [0, 0.1) is 5.41 Å². The van der Waals surface area contributed by atoms with Crippen molar-refractivity contribution in [3.8, 4) is 0 Å². The summed E-state index contributed by atoms with van der Waals surface area (Å²) in [7, 11) is 2.02. The van der Waals surface area contributed by atoms with E-state index in [9.17, 15) is 0 Å². The number of hydrogen-bond donors (Lipinski definition) is 2. The fourth-order valence-corrected chi connectivity index (χ4v) is 1.41. The number of hydrogen-bond acceptors (Lipinski definition) is 2. The van der Waals surface area contributed by atoms with Gasteiger partial charge in [0, 0.05) is 13.6 Å². The Hall–Kier alpha value is -0.770. The van der Waals surface area contributed by atoms with Crippen molar-refractivity contribution >= 4 is 5.96 Å². The average Bonchev–Trinajstić information content (AvgIpc) is 2.79. The molecule has 0 spiro atoms. The van der Waals surface area contributed by atoms with Gasteiger partial charge in [0.15, 0.2) is 0 Å². The summed E-state index contributed by atoms with van der Waals surface area (Å²) >= 11 is 0. The minimum atomic E-state index is 0.260. The lowest BCUT2D eigenvalue weighted by atomic mass is 9.96. The van der Waals surface area contributed by atoms with Gasteiger partial charge in [-0.3, -0.25) is 5.43 Å². The second kappa shape index (κ2) is 4.17. The van der Waals surface area contributed by atoms with Crippen LogP contribution < -0.4 is 11.3 Å². The van der Waals surface area contributed by atoms with Crippen molar-refractivity contribution in [1.29, 1.82) is 0 Å². The fourth-order valence-electron chi connectivity index (χ4n) is 1.41. The van der Waals surface area contributed by atoms with Gasteiger partial charge in [0.2, 0.25) is 5.96 Å². The number of nitrogens with one attached hydrogen (secondary N) is 1. The largest absolute Gasteiger partial charge is 0.344 e. The molecule has 1 rings (SSSR count). The van der Waals surface area contributed by atoms with Gasteiger partial charge in [-0.2, -0.15) is 0 Å². The van der Waals surface area contributed by atoms with Crippen LogP contribution in [0.4, 0.5) is 0 Å². The summed E-state index contributed by atoms with van der Waals surface area (Å²) in [5, 5.41) is 0. The first-order valence-corrected chi connectivity index (χ1v) is 5.18. The Labute approximate surface area is 86.5 Å². The van der Waals surface area contributed by atoms with E-state index in [1.54, 1.807) is 0 Å². The van der Waals surface area contributed by atoms with Gasteiger partial charge in [-0.15, -0.1) is 0 Å². The van der Waals surface area contributed by atoms with E-state index in [1.807, 2.05) is 7.05 Å². The van der Waals surface area contributed by atoms with E-state index in [1.165, 1.54) is 12.8 Å². The van der Waals surface area contributed by atoms with Crippen LogP contribution in [-0.2, 0) is 0 Å². The molecular formula is C10H22N4. The molecule has 0 amide bonds. The molecular weight excluding hydrogens is 176 g/mol. The molecule has 0 aromatic carbocycles. The minimum Gasteiger partial charge on any atom is -0.344 e. The number of guanidine groups is 1. The lowest BCUT2D eigenvalue weighted by Crippen LogP contribution is -2.45. The summed E-state index contributed by atoms with van der Waals surface area (Å²) in [4.78, 5) is 6.58. The lowest BCUT2D eigenvalue weighted by Gasteiger charge is -2.28. The van der Waals surface area contributed by atoms with E-state index in [0.717, 1.165) is 12.5 Å². The average molecular weight is 198 g/mol. The monoisotopic (exact) mass is 198 g/mol. The van der Waals surface area contributed by atoms with E-state index >= 15 is 0 Å². The molecule has 0 radical (unpaired) electrons. The van der Waals surface area contributed by atoms with E-state index in [4.69, 9.17) is 5.84 Å². The van der Waals surface area contributed by atoms with E-state index in [2.05, 4.69) is 36.1 Å². The molecule has 1 aliphatic rings. The van der Waals surface area contributed by atoms with Crippen LogP contribution in [-0.4, -0.2) is 30.5 Å². The summed E-state index contributed by atoms with van der Waals surface area (Å²) in [6.07, 6.45) is 2.41. The van der Waals surface area contributed by atoms with Gasteiger partial charge in [0.05, 0.1) is 6.04 Å². The third-order valence-corrected chi connectivity index (χ3v) is 2.05. The second-order valence-electron chi connectivity index (χ2n) is 5.24. The summed E-state index contributed by atoms with van der Waals surface area (Å²) in [5.41, 5.74) is 2.93. The normalized spacial score (nSPS) is 18.2. The highest BCUT2D eigenvalue weighted by Crippen LogP contribution is 2.24. The van der Waals surface area contributed by atoms with Gasteiger partial charge in [-0.05, 0) is 18.3 Å². The van der Waals surface area contributed by atoms with Gasteiger partial charge in [0.25, 0.3) is 0 Å². The molecule has 0 saturated heterocycles. The molecule has 0 heterocycles. The molecule has 0 unspecified atom stereocenters. The van der Waals surface area contributed by atoms with Crippen molar-refractivity contribution in [2.45, 2.75) is 39.7 Å². The summed E-state index contributed by atoms with van der Waals surface area (Å²) < 4.78 is 0. The van der Waals surface area contributed by atoms with Crippen LogP contribution in [0.2, 0.25) is 0 Å². The van der Waals surface area contributed by atoms with E-state index in [-0.39, 0.29) is 5.41 Å². The van der Waals surface area contributed by atoms with Crippen molar-refractivity contribution in [2.24, 2.45) is 16.3 Å². The van der Waals surface area contributed by atoms with Gasteiger partial charge in [-0.1, -0.05) is 20.8 Å². The molecule has 0 aromatic rings. The second-order valence-corrected chi connectivity index (χ2v) is 5.24. The summed E-state index contributed by atoms with van der Waals surface area (Å²) in [6, 6.07) is 0.503. The summed E-state index contributed by atoms with van der Waals surface area (Å²) in [5.74, 6) is 6.25. The molecule has 3 N–H and O–H groups in total. The third-order valence-electron chi connectivity index (χ3n) is 2.05. The number of nitrogens with two attached hydrogens (primary N) is 1. The Balaban J connectivity index is 2.51. The zero-order valence-corrected chi connectivity index (χ0v) is 9.67. The lowest BCUT2D eigenvalue weighted by molar-refractivity contribution is 0.300. The fraction of sp³-hybridized carbons (Fsp3) is 0.900. The van der Waals surface area contributed by atoms with Crippen LogP contribution in [0.3, 0.4) is 0 Å². The van der Waals surface area contributed by atoms with Crippen LogP contribution in [0.15, 0.2) is 4.99 Å². The first kappa shape index (κ1) is 11.3. The molecule has 1 fully saturated rings. The van der Waals surface area contributed by atoms with Gasteiger partial charge >= 0.3 is 0 Å². The first-order chi connectivity index (χ1) is 6.42. The predicted molar refractivity (Wildman–Crippen MR) is 59.9 cm³/mol. The highest BCUT2D eigenvalue weighted by atomic mass is 15.4. The molecule has 0 aromatic heterocycles. The SMILES string of the molecule is CN(CC(C)(C)C)C(=NC1CC1)NN. The smallest absolute Gasteiger partial charge is 0.208 e. The standard InChI is InChI=1S/C10H22N4/c1-10(2,3)7-14(4)9(13-11)12-8-5-6-8/h8H,5-7,11H2,1-4H3,(H,12,13). The molecule has 82 valence electrons. The quantitative estimate of drug-likeness (QED) is 0.300. The van der Waals surface area contributed by atoms with Crippen LogP contribution >= 0.6 is 0 Å². The van der Waals surface area contributed by atoms with Crippen molar-refractivity contribution in [1.82, 2.24) is 10.3 Å². The first-order valence-electron chi connectivity index (χ1n) is 5.18. The molecule has 0 aliphatic heterocycles. The van der Waals surface area contributed by atoms with Crippen molar-refractivity contribution < 1.29 is 0 Å². The maximum Gasteiger partial charge on any atom is 0.208 e. The minimum absolute atomic E-state index is 0.260. The topological polar surface area (TPSA) is 53.6 Å². The highest BCUT2D eigenvalue weighted by Gasteiger charge is 2.23. The highest BCUT2D eigenvalue weighted by molar-refractivity contribution is 5.79. The number of hydrazine groups is 1. The van der Waals surface area contributed by atoms with Gasteiger partial charge in [-0.25, -0.2) is 10.8 Å². The van der Waals surface area contributed by atoms with Crippen LogP contribution in [0.1, 0.15) is 33.6 Å². The molecule has 1 aliphatic carbocycles. The number of rotatable bonds is 2. The molecule has 1 saturated carbocycles. The van der Waals surface area contributed by atoms with Crippen molar-refractivity contribution in [3.05, 3.63) is 0 Å². The van der Waals surface area contributed by atoms with Gasteiger partial charge in [0.1, 0.15) is 0 Å². The Morgan fingerprint density at radius 2 is 2.07 bits per heavy atom. The zero-order chi connectivity index (χ0) is 10.8. The van der Waals surface area contributed by atoms with E-state index in [0.29, 0.717) is 6.04 Å². The predicted octanol–water partition coefficient (Wildman–Crippen LogP) is 0.946. The maximum absolute atomic E-state index is 5.45. The maximum atomic E-state index is 5.45. The Morgan fingerprint density at radius 1 is 1.50 bits per heavy atom. The molecule has 4 nitrogen and oxygen atoms in total. The molecule has 14 heavy (non-hydrogen) atoms. The molecule has 0 atom stereocenters. The van der Waals surface area contributed by atoms with E-state index < -0.39 is 0 Å². The van der Waals surface area contributed by atoms with Crippen molar-refractivity contribution in [2.75, 3.05) is 13.6 Å². The summed E-state index contributed by atoms with van der Waals surface area (Å²) in [6.45, 7) is 7.56. The zero-order valence-electron chi connectivity index (χ0n) is 9.67. The number of aliphatic imine (C=N–C) groups is 1. The number of nitrogens with zero attached hydrogens (tertiary/aromatic N) is 2. The Kier molecular flexibility index (Phi) is 3.37. The molecule has 4 heteroatoms. The van der Waals surface area contributed by atoms with Gasteiger partial charge < -0.3 is 4.90 Å². The third kappa shape index (κ3) is 3.96. The van der Waals surface area contributed by atoms with Crippen LogP contribution in [0.5, 0.6) is 0 Å².